The van der Waals surface area contributed by atoms with E-state index < -0.39 is 24.1 Å². The van der Waals surface area contributed by atoms with Gasteiger partial charge in [-0.05, 0) is 181 Å². The van der Waals surface area contributed by atoms with Gasteiger partial charge in [0.1, 0.15) is 35.3 Å². The highest BCUT2D eigenvalue weighted by molar-refractivity contribution is 5.77. The molecule has 9 rings (SSSR count). The molecule has 4 atom stereocenters. The summed E-state index contributed by atoms with van der Waals surface area (Å²) in [6.07, 6.45) is 11.1. The molecule has 0 saturated carbocycles. The van der Waals surface area contributed by atoms with E-state index in [9.17, 15) is 44.4 Å². The summed E-state index contributed by atoms with van der Waals surface area (Å²) in [7, 11) is 0. The molecule has 0 aliphatic carbocycles. The Labute approximate surface area is 513 Å². The minimum absolute atomic E-state index is 0.0512. The average Bonchev–Trinajstić information content (AvgIpc) is 4.46. The number of nitrogens with zero attached hydrogens (tertiary/aromatic N) is 1. The molecule has 2 amide bonds. The van der Waals surface area contributed by atoms with Crippen LogP contribution in [-0.4, -0.2) is 50.6 Å². The van der Waals surface area contributed by atoms with Crippen molar-refractivity contribution in [1.29, 1.82) is 0 Å². The lowest BCUT2D eigenvalue weighted by molar-refractivity contribution is -0.135. The Hall–Kier alpha value is -10.7. The van der Waals surface area contributed by atoms with E-state index in [1.54, 1.807) is 97.1 Å². The molecule has 466 valence electrons. The monoisotopic (exact) mass is 1220 g/mol. The number of aryl methyl sites for hydroxylation is 2. The van der Waals surface area contributed by atoms with Crippen LogP contribution < -0.4 is 29.6 Å². The minimum atomic E-state index is -0.747. The van der Waals surface area contributed by atoms with Crippen molar-refractivity contribution in [2.45, 2.75) is 98.7 Å². The highest BCUT2D eigenvalue weighted by atomic mass is 16.6. The Morgan fingerprint density at radius 1 is 0.427 bits per heavy atom. The first-order chi connectivity index (χ1) is 43.0. The van der Waals surface area contributed by atoms with Crippen molar-refractivity contribution in [3.63, 3.8) is 0 Å². The first-order valence-electron chi connectivity index (χ1n) is 28.7. The summed E-state index contributed by atoms with van der Waals surface area (Å²) in [6, 6.07) is 37.4. The lowest BCUT2D eigenvalue weighted by atomic mass is 9.85. The van der Waals surface area contributed by atoms with Crippen molar-refractivity contribution in [3.8, 4) is 46.0 Å². The van der Waals surface area contributed by atoms with Gasteiger partial charge in [0, 0.05) is 12.8 Å². The van der Waals surface area contributed by atoms with Crippen LogP contribution in [0.2, 0.25) is 0 Å². The number of ether oxygens (including phenoxy) is 4. The van der Waals surface area contributed by atoms with Crippen molar-refractivity contribution in [2.75, 3.05) is 0 Å². The topological polar surface area (TPSA) is 305 Å². The third-order valence-electron chi connectivity index (χ3n) is 14.3. The number of rotatable bonds is 26. The van der Waals surface area contributed by atoms with Crippen LogP contribution in [0.25, 0.3) is 0 Å². The van der Waals surface area contributed by atoms with Gasteiger partial charge in [0.2, 0.25) is 6.08 Å². The number of benzene rings is 4. The summed E-state index contributed by atoms with van der Waals surface area (Å²) in [5.41, 5.74) is 3.65. The van der Waals surface area contributed by atoms with Crippen molar-refractivity contribution in [1.82, 2.24) is 10.6 Å². The van der Waals surface area contributed by atoms with Crippen LogP contribution in [-0.2, 0) is 72.5 Å². The smallest absolute Gasteiger partial charge is 0.413 e. The van der Waals surface area contributed by atoms with Crippen molar-refractivity contribution >= 4 is 30.2 Å². The van der Waals surface area contributed by atoms with Crippen LogP contribution in [0.5, 0.6) is 46.0 Å². The van der Waals surface area contributed by atoms with Crippen molar-refractivity contribution < 1.29 is 85.4 Å². The normalized spacial score (nSPS) is 12.0. The van der Waals surface area contributed by atoms with Gasteiger partial charge >= 0.3 is 24.1 Å². The van der Waals surface area contributed by atoms with Crippen molar-refractivity contribution in [2.24, 2.45) is 28.7 Å². The van der Waals surface area contributed by atoms with Gasteiger partial charge in [-0.2, -0.15) is 4.99 Å². The number of aliphatic imine (C=N–C) groups is 1. The second-order valence-electron chi connectivity index (χ2n) is 21.2. The number of furan rings is 5. The average molecular weight is 1220 g/mol. The third-order valence-corrected chi connectivity index (χ3v) is 14.3. The number of amides is 2. The Bertz CT molecular complexity index is 3450. The lowest BCUT2D eigenvalue weighted by Crippen LogP contribution is -2.26. The van der Waals surface area contributed by atoms with E-state index in [1.807, 2.05) is 24.3 Å². The molecule has 4 aromatic carbocycles. The predicted octanol–water partition coefficient (Wildman–Crippen LogP) is 13.5. The van der Waals surface area contributed by atoms with Gasteiger partial charge in [0.25, 0.3) is 0 Å². The number of nitrogens with one attached hydrogen (secondary N) is 2. The first kappa shape index (κ1) is 65.9. The second-order valence-corrected chi connectivity index (χ2v) is 21.2. The van der Waals surface area contributed by atoms with Crippen LogP contribution in [0, 0.1) is 23.7 Å². The molecule has 0 saturated heterocycles. The number of hydrogen-bond donors (Lipinski definition) is 6. The number of carbonyl (C=O) groups is 4. The summed E-state index contributed by atoms with van der Waals surface area (Å²) in [5.74, 6) is 2.93. The molecule has 89 heavy (non-hydrogen) atoms. The molecule has 9 aromatic rings. The SMILES string of the molecule is C[C@H](Cc1ccc(O)c(O)c1)[C@@H](C)Cc1ccc(O)c(O)c1.C[C@H](Cc1ccc(OC(=O)CCc2ccco2)c(OC(=O)NCc2ccco2)c1)[C@@H](C)Cc1ccc(OC(=O)NCc2ccco2)c(OC(=O)CCc2ccco2)c1.O=C=NCc1ccco1. The molecule has 0 radical (unpaired) electrons. The van der Waals surface area contributed by atoms with Crippen LogP contribution in [0.1, 0.15) is 91.6 Å². The number of hydrogen-bond acceptors (Lipinski definition) is 19. The molecule has 21 heteroatoms. The maximum absolute atomic E-state index is 12.9. The van der Waals surface area contributed by atoms with Crippen LogP contribution >= 0.6 is 0 Å². The lowest BCUT2D eigenvalue weighted by Gasteiger charge is -2.21. The van der Waals surface area contributed by atoms with E-state index in [-0.39, 0.29) is 90.3 Å². The molecule has 21 nitrogen and oxygen atoms in total. The highest BCUT2D eigenvalue weighted by Crippen LogP contribution is 2.35. The fourth-order valence-corrected chi connectivity index (χ4v) is 9.01. The number of esters is 2. The molecule has 5 aromatic heterocycles. The Morgan fingerprint density at radius 2 is 0.764 bits per heavy atom. The molecule has 0 aliphatic heterocycles. The summed E-state index contributed by atoms with van der Waals surface area (Å²) in [6.45, 7) is 8.97. The van der Waals surface area contributed by atoms with Crippen LogP contribution in [0.3, 0.4) is 0 Å². The maximum atomic E-state index is 12.9. The molecule has 0 unspecified atom stereocenters. The molecule has 0 bridgehead atoms. The van der Waals surface area contributed by atoms with Gasteiger partial charge in [-0.3, -0.25) is 9.59 Å². The van der Waals surface area contributed by atoms with Gasteiger partial charge in [-0.1, -0.05) is 52.0 Å². The standard InChI is InChI=1S/C44H44N2O12.C18H22O4.C6H5NO2/c1-29(23-31-12-16-38(57-43(49)45-27-35-9-5-21-53-35)39(25-31)56-42(48)18-14-34-8-4-20-52-34)30(2)24-32-11-15-37(55-41(47)17-13-33-7-3-19-51-33)40(26-32)58-44(50)46-28-36-10-6-22-54-36;1-11(7-13-3-5-15(19)17(21)9-13)12(2)8-14-4-6-16(20)18(22)10-14;8-5-7-4-6-2-1-3-9-6/h3-12,15-16,19-22,25-26,29-30H,13-14,17-18,23-24,27-28H2,1-2H3,(H,45,49)(H,46,50);3-6,9-12,19-22H,7-8H2,1-2H3;1-3H,4H2/t29-,30+;11-,12+;/m0../s1. The van der Waals surface area contributed by atoms with E-state index >= 15 is 0 Å². The number of isocyanates is 1. The zero-order chi connectivity index (χ0) is 63.5. The van der Waals surface area contributed by atoms with E-state index in [1.165, 1.54) is 49.5 Å². The van der Waals surface area contributed by atoms with Crippen LogP contribution in [0.4, 0.5) is 9.59 Å². The maximum Gasteiger partial charge on any atom is 0.413 e. The molecular weight excluding hydrogens is 1150 g/mol. The fraction of sp³-hybridized carbons (Fsp3) is 0.279. The Kier molecular flexibility index (Phi) is 25.1. The van der Waals surface area contributed by atoms with Gasteiger partial charge < -0.3 is 72.1 Å². The number of aromatic hydroxyl groups is 4. The van der Waals surface area contributed by atoms with E-state index in [2.05, 4.69) is 43.3 Å². The minimum Gasteiger partial charge on any atom is -0.504 e. The number of phenolic OH excluding ortho intramolecular Hbond substituents is 4. The third kappa shape index (κ3) is 22.3. The Balaban J connectivity index is 0.000000295. The fourth-order valence-electron chi connectivity index (χ4n) is 9.01. The number of phenols is 4. The molecule has 0 spiro atoms. The molecule has 6 N–H and O–H groups in total. The summed E-state index contributed by atoms with van der Waals surface area (Å²) >= 11 is 0. The molecule has 5 heterocycles. The van der Waals surface area contributed by atoms with Gasteiger partial charge in [0.15, 0.2) is 46.0 Å². The molecular formula is C68H71N3O18. The van der Waals surface area contributed by atoms with E-state index in [0.29, 0.717) is 66.3 Å². The van der Waals surface area contributed by atoms with Crippen molar-refractivity contribution in [3.05, 3.63) is 216 Å². The summed E-state index contributed by atoms with van der Waals surface area (Å²) in [5, 5.41) is 43.0. The van der Waals surface area contributed by atoms with E-state index in [0.717, 1.165) is 35.1 Å². The molecule has 0 aliphatic rings. The second kappa shape index (κ2) is 33.9. The predicted molar refractivity (Wildman–Crippen MR) is 323 cm³/mol. The van der Waals surface area contributed by atoms with Gasteiger partial charge in [-0.25, -0.2) is 14.4 Å². The zero-order valence-corrected chi connectivity index (χ0v) is 49.6. The highest BCUT2D eigenvalue weighted by Gasteiger charge is 2.22. The summed E-state index contributed by atoms with van der Waals surface area (Å²) in [4.78, 5) is 64.1. The van der Waals surface area contributed by atoms with Gasteiger partial charge in [0.05, 0.1) is 57.2 Å². The first-order valence-corrected chi connectivity index (χ1v) is 28.7. The van der Waals surface area contributed by atoms with E-state index in [4.69, 9.17) is 41.0 Å². The van der Waals surface area contributed by atoms with Gasteiger partial charge in [-0.15, -0.1) is 0 Å². The quantitative estimate of drug-likeness (QED) is 0.00965. The van der Waals surface area contributed by atoms with Crippen LogP contribution in [0.15, 0.2) is 192 Å². The largest absolute Gasteiger partial charge is 0.504 e. The summed E-state index contributed by atoms with van der Waals surface area (Å²) < 4.78 is 48.6. The Morgan fingerprint density at radius 3 is 1.15 bits per heavy atom. The molecule has 0 fully saturated rings. The zero-order valence-electron chi connectivity index (χ0n) is 49.6. The number of carbonyl (C=O) groups excluding carboxylic acids is 5.